The van der Waals surface area contributed by atoms with E-state index in [9.17, 15) is 9.18 Å². The molecule has 1 aromatic heterocycles. The number of hydrogen-bond acceptors (Lipinski definition) is 6. The van der Waals surface area contributed by atoms with Crippen LogP contribution >= 0.6 is 11.8 Å². The monoisotopic (exact) mass is 427 g/mol. The van der Waals surface area contributed by atoms with Gasteiger partial charge in [-0.1, -0.05) is 30.8 Å². The third-order valence-corrected chi connectivity index (χ3v) is 5.96. The summed E-state index contributed by atoms with van der Waals surface area (Å²) in [6, 6.07) is 13.1. The summed E-state index contributed by atoms with van der Waals surface area (Å²) in [6.07, 6.45) is 0.711. The molecule has 7 nitrogen and oxygen atoms in total. The highest BCUT2D eigenvalue weighted by atomic mass is 32.2. The highest BCUT2D eigenvalue weighted by Gasteiger charge is 2.37. The minimum Gasteiger partial charge on any atom is -0.494 e. The van der Waals surface area contributed by atoms with Crippen LogP contribution in [0, 0.1) is 5.82 Å². The maximum absolute atomic E-state index is 13.2. The van der Waals surface area contributed by atoms with Crippen molar-refractivity contribution in [3.8, 4) is 5.75 Å². The lowest BCUT2D eigenvalue weighted by atomic mass is 10.0. The van der Waals surface area contributed by atoms with Crippen LogP contribution in [0.15, 0.2) is 53.7 Å². The summed E-state index contributed by atoms with van der Waals surface area (Å²) in [6.45, 7) is 4.52. The van der Waals surface area contributed by atoms with E-state index in [1.165, 1.54) is 36.0 Å². The van der Waals surface area contributed by atoms with Crippen molar-refractivity contribution >= 4 is 23.4 Å². The second-order valence-electron chi connectivity index (χ2n) is 6.73. The first-order valence-corrected chi connectivity index (χ1v) is 10.6. The molecule has 3 aromatic rings. The van der Waals surface area contributed by atoms with E-state index in [1.807, 2.05) is 42.8 Å². The zero-order valence-corrected chi connectivity index (χ0v) is 17.4. The van der Waals surface area contributed by atoms with Gasteiger partial charge >= 0.3 is 0 Å². The van der Waals surface area contributed by atoms with E-state index in [4.69, 9.17) is 4.74 Å². The molecule has 9 heteroatoms. The molecule has 0 unspecified atom stereocenters. The molecule has 0 bridgehead atoms. The summed E-state index contributed by atoms with van der Waals surface area (Å²) in [7, 11) is 0. The average molecular weight is 428 g/mol. The Morgan fingerprint density at radius 3 is 2.57 bits per heavy atom. The van der Waals surface area contributed by atoms with Gasteiger partial charge in [-0.05, 0) is 48.9 Å². The number of anilines is 1. The predicted molar refractivity (Wildman–Crippen MR) is 114 cm³/mol. The first kappa shape index (κ1) is 20.2. The van der Waals surface area contributed by atoms with Crippen molar-refractivity contribution in [2.45, 2.75) is 36.7 Å². The van der Waals surface area contributed by atoms with Crippen LogP contribution in [0.4, 0.5) is 10.1 Å². The van der Waals surface area contributed by atoms with Crippen LogP contribution in [0.25, 0.3) is 0 Å². The fraction of sp³-hybridized carbons (Fsp3) is 0.286. The van der Waals surface area contributed by atoms with Crippen molar-refractivity contribution in [3.63, 3.8) is 0 Å². The largest absolute Gasteiger partial charge is 0.494 e. The molecule has 0 spiro atoms. The van der Waals surface area contributed by atoms with Crippen molar-refractivity contribution in [2.24, 2.45) is 0 Å². The smallest absolute Gasteiger partial charge is 0.240 e. The van der Waals surface area contributed by atoms with Gasteiger partial charge in [-0.3, -0.25) is 4.79 Å². The van der Waals surface area contributed by atoms with Crippen molar-refractivity contribution < 1.29 is 13.9 Å². The summed E-state index contributed by atoms with van der Waals surface area (Å²) < 4.78 is 20.6. The van der Waals surface area contributed by atoms with Crippen molar-refractivity contribution in [1.29, 1.82) is 0 Å². The van der Waals surface area contributed by atoms with Crippen molar-refractivity contribution in [1.82, 2.24) is 14.9 Å². The van der Waals surface area contributed by atoms with E-state index in [-0.39, 0.29) is 17.8 Å². The van der Waals surface area contributed by atoms with Crippen LogP contribution in [-0.4, -0.2) is 32.6 Å². The fourth-order valence-corrected chi connectivity index (χ4v) is 4.36. The lowest BCUT2D eigenvalue weighted by Crippen LogP contribution is -2.41. The van der Waals surface area contributed by atoms with Gasteiger partial charge in [0.25, 0.3) is 0 Å². The van der Waals surface area contributed by atoms with Crippen LogP contribution < -0.4 is 15.5 Å². The third-order valence-electron chi connectivity index (χ3n) is 4.74. The molecule has 2 heterocycles. The Labute approximate surface area is 178 Å². The second-order valence-corrected chi connectivity index (χ2v) is 7.84. The van der Waals surface area contributed by atoms with Gasteiger partial charge in [0.05, 0.1) is 12.6 Å². The van der Waals surface area contributed by atoms with Crippen LogP contribution in [-0.2, 0) is 11.2 Å². The summed E-state index contributed by atoms with van der Waals surface area (Å²) in [5.74, 6) is 1.02. The molecule has 156 valence electrons. The van der Waals surface area contributed by atoms with E-state index in [0.29, 0.717) is 23.9 Å². The van der Waals surface area contributed by atoms with Gasteiger partial charge in [0, 0.05) is 12.1 Å². The lowest BCUT2D eigenvalue weighted by Gasteiger charge is -2.33. The molecule has 1 aliphatic heterocycles. The molecule has 1 aliphatic rings. The molecule has 2 atom stereocenters. The number of halogens is 1. The standard InChI is InChI=1S/C21H22FN5O2S/c1-3-17-24-25-21-27(17)26-18(13-5-11-16(12-6-13)29-4-2)19(30-21)20(28)23-15-9-7-14(22)8-10-15/h5-12,18-19,26H,3-4H2,1-2H3,(H,23,28)/t18-,19-/m0/s1. The molecular weight excluding hydrogens is 405 g/mol. The summed E-state index contributed by atoms with van der Waals surface area (Å²) >= 11 is 1.35. The molecule has 0 aliphatic carbocycles. The lowest BCUT2D eigenvalue weighted by molar-refractivity contribution is -0.116. The Kier molecular flexibility index (Phi) is 5.89. The zero-order chi connectivity index (χ0) is 21.1. The fourth-order valence-electron chi connectivity index (χ4n) is 3.26. The molecular formula is C21H22FN5O2S. The molecule has 30 heavy (non-hydrogen) atoms. The van der Waals surface area contributed by atoms with Crippen LogP contribution in [0.2, 0.25) is 0 Å². The Balaban J connectivity index is 1.64. The van der Waals surface area contributed by atoms with Gasteiger partial charge in [-0.15, -0.1) is 10.2 Å². The highest BCUT2D eigenvalue weighted by molar-refractivity contribution is 8.00. The number of rotatable bonds is 6. The number of amides is 1. The number of ether oxygens (including phenoxy) is 1. The van der Waals surface area contributed by atoms with Gasteiger partial charge in [0.2, 0.25) is 11.1 Å². The second kappa shape index (κ2) is 8.74. The van der Waals surface area contributed by atoms with E-state index in [2.05, 4.69) is 20.9 Å². The average Bonchev–Trinajstić information content (AvgIpc) is 3.17. The topological polar surface area (TPSA) is 81.1 Å². The number of aryl methyl sites for hydroxylation is 1. The maximum Gasteiger partial charge on any atom is 0.240 e. The molecule has 1 amide bonds. The number of nitrogens with one attached hydrogen (secondary N) is 2. The molecule has 0 saturated carbocycles. The normalized spacial score (nSPS) is 17.7. The summed E-state index contributed by atoms with van der Waals surface area (Å²) in [5, 5.41) is 11.4. The van der Waals surface area contributed by atoms with Crippen molar-refractivity contribution in [3.05, 3.63) is 65.7 Å². The van der Waals surface area contributed by atoms with E-state index in [0.717, 1.165) is 17.1 Å². The summed E-state index contributed by atoms with van der Waals surface area (Å²) in [5.41, 5.74) is 4.87. The minimum atomic E-state index is -0.505. The quantitative estimate of drug-likeness (QED) is 0.623. The SMILES string of the molecule is CCOc1ccc([C@@H]2Nn3c(CC)nnc3S[C@@H]2C(=O)Nc2ccc(F)cc2)cc1. The molecule has 0 saturated heterocycles. The predicted octanol–water partition coefficient (Wildman–Crippen LogP) is 3.78. The van der Waals surface area contributed by atoms with Crippen LogP contribution in [0.3, 0.4) is 0 Å². The Morgan fingerprint density at radius 1 is 1.17 bits per heavy atom. The van der Waals surface area contributed by atoms with Gasteiger partial charge < -0.3 is 15.5 Å². The van der Waals surface area contributed by atoms with Crippen molar-refractivity contribution in [2.75, 3.05) is 17.3 Å². The number of benzene rings is 2. The third kappa shape index (κ3) is 4.11. The number of fused-ring (bicyclic) bond motifs is 1. The Bertz CT molecular complexity index is 1020. The van der Waals surface area contributed by atoms with E-state index >= 15 is 0 Å². The van der Waals surface area contributed by atoms with Gasteiger partial charge in [-0.2, -0.15) is 0 Å². The minimum absolute atomic E-state index is 0.203. The number of carbonyl (C=O) groups is 1. The number of thioether (sulfide) groups is 1. The number of aromatic nitrogens is 3. The van der Waals surface area contributed by atoms with Gasteiger partial charge in [-0.25, -0.2) is 9.07 Å². The summed E-state index contributed by atoms with van der Waals surface area (Å²) in [4.78, 5) is 13.1. The molecule has 0 radical (unpaired) electrons. The molecule has 0 fully saturated rings. The van der Waals surface area contributed by atoms with Crippen LogP contribution in [0.5, 0.6) is 5.75 Å². The van der Waals surface area contributed by atoms with E-state index in [1.54, 1.807) is 0 Å². The Morgan fingerprint density at radius 2 is 1.90 bits per heavy atom. The first-order chi connectivity index (χ1) is 14.6. The van der Waals surface area contributed by atoms with Crippen LogP contribution in [0.1, 0.15) is 31.3 Å². The van der Waals surface area contributed by atoms with Gasteiger partial charge in [0.1, 0.15) is 16.8 Å². The zero-order valence-electron chi connectivity index (χ0n) is 16.6. The first-order valence-electron chi connectivity index (χ1n) is 9.75. The number of nitrogens with zero attached hydrogens (tertiary/aromatic N) is 3. The molecule has 2 N–H and O–H groups in total. The molecule has 4 rings (SSSR count). The highest BCUT2D eigenvalue weighted by Crippen LogP contribution is 2.38. The molecule has 2 aromatic carbocycles. The Hall–Kier alpha value is -3.07. The van der Waals surface area contributed by atoms with E-state index < -0.39 is 5.25 Å². The van der Waals surface area contributed by atoms with Gasteiger partial charge in [0.15, 0.2) is 5.82 Å². The number of carbonyl (C=O) groups excluding carboxylic acids is 1. The number of hydrogen-bond donors (Lipinski definition) is 2. The maximum atomic E-state index is 13.2.